The predicted molar refractivity (Wildman–Crippen MR) is 201 cm³/mol. The lowest BCUT2D eigenvalue weighted by Gasteiger charge is -2.46. The highest BCUT2D eigenvalue weighted by molar-refractivity contribution is 7.20. The van der Waals surface area contributed by atoms with Crippen LogP contribution < -0.4 is 20.1 Å². The lowest BCUT2D eigenvalue weighted by molar-refractivity contribution is 0.166. The first-order valence-electron chi connectivity index (χ1n) is 16.9. The molecule has 2 aromatic heterocycles. The maximum atomic E-state index is 6.47. The Morgan fingerprint density at radius 2 is 0.771 bits per heavy atom. The summed E-state index contributed by atoms with van der Waals surface area (Å²) in [6.07, 6.45) is 4.79. The first-order valence-corrected chi connectivity index (χ1v) is 18.5. The van der Waals surface area contributed by atoms with Crippen LogP contribution in [-0.2, 0) is 0 Å². The molecule has 2 aliphatic rings. The number of benzene rings is 4. The van der Waals surface area contributed by atoms with Gasteiger partial charge in [0, 0.05) is 33.0 Å². The minimum absolute atomic E-state index is 0.0715. The molecule has 4 nitrogen and oxygen atoms in total. The summed E-state index contributed by atoms with van der Waals surface area (Å²) in [4.78, 5) is 4.79. The van der Waals surface area contributed by atoms with Crippen LogP contribution in [0.2, 0.25) is 0 Å². The van der Waals surface area contributed by atoms with Gasteiger partial charge in [0.1, 0.15) is 11.5 Å². The highest BCUT2D eigenvalue weighted by Gasteiger charge is 2.44. The van der Waals surface area contributed by atoms with E-state index in [1.54, 1.807) is 0 Å². The molecular formula is C42H40N2O2S2. The van der Waals surface area contributed by atoms with Crippen LogP contribution in [0.3, 0.4) is 0 Å². The van der Waals surface area contributed by atoms with Crippen molar-refractivity contribution in [1.29, 1.82) is 0 Å². The first kappa shape index (κ1) is 31.1. The Kier molecular flexibility index (Phi) is 8.89. The maximum Gasteiger partial charge on any atom is 0.142 e. The largest absolute Gasteiger partial charge is 0.495 e. The van der Waals surface area contributed by atoms with E-state index in [1.807, 2.05) is 36.9 Å². The van der Waals surface area contributed by atoms with Crippen molar-refractivity contribution < 1.29 is 9.47 Å². The Morgan fingerprint density at radius 1 is 0.458 bits per heavy atom. The molecule has 6 heteroatoms. The van der Waals surface area contributed by atoms with Gasteiger partial charge in [0.05, 0.1) is 36.1 Å². The van der Waals surface area contributed by atoms with Crippen LogP contribution in [0.5, 0.6) is 11.5 Å². The van der Waals surface area contributed by atoms with Gasteiger partial charge in [-0.25, -0.2) is 0 Å². The molecule has 242 valence electrons. The summed E-state index contributed by atoms with van der Waals surface area (Å²) in [5, 5.41) is 8.52. The molecule has 48 heavy (non-hydrogen) atoms. The molecule has 1 aliphatic heterocycles. The van der Waals surface area contributed by atoms with Crippen molar-refractivity contribution in [2.24, 2.45) is 0 Å². The number of rotatable bonds is 8. The van der Waals surface area contributed by atoms with E-state index in [0.29, 0.717) is 12.1 Å². The molecule has 4 atom stereocenters. The average Bonchev–Trinajstić information content (AvgIpc) is 3.75. The quantitative estimate of drug-likeness (QED) is 0.169. The summed E-state index contributed by atoms with van der Waals surface area (Å²) in [6, 6.07) is 43.6. The van der Waals surface area contributed by atoms with Crippen LogP contribution in [-0.4, -0.2) is 26.3 Å². The number of hydrogen-bond donors (Lipinski definition) is 2. The van der Waals surface area contributed by atoms with Crippen molar-refractivity contribution in [2.75, 3.05) is 14.2 Å². The highest BCUT2D eigenvalue weighted by Crippen LogP contribution is 2.57. The van der Waals surface area contributed by atoms with Crippen LogP contribution in [0.1, 0.15) is 48.9 Å². The van der Waals surface area contributed by atoms with Crippen LogP contribution in [0.25, 0.3) is 41.8 Å². The third kappa shape index (κ3) is 5.67. The minimum Gasteiger partial charge on any atom is -0.495 e. The van der Waals surface area contributed by atoms with E-state index in [9.17, 15) is 0 Å². The van der Waals surface area contributed by atoms with Crippen LogP contribution in [0.15, 0.2) is 121 Å². The molecule has 0 bridgehead atoms. The Morgan fingerprint density at radius 3 is 1.08 bits per heavy atom. The average molecular weight is 669 g/mol. The Labute approximate surface area is 291 Å². The van der Waals surface area contributed by atoms with Crippen molar-refractivity contribution in [3.8, 4) is 53.3 Å². The maximum absolute atomic E-state index is 6.47. The van der Waals surface area contributed by atoms with Crippen LogP contribution in [0, 0.1) is 0 Å². The van der Waals surface area contributed by atoms with Gasteiger partial charge in [0.2, 0.25) is 0 Å². The summed E-state index contributed by atoms with van der Waals surface area (Å²) in [6.45, 7) is 0. The van der Waals surface area contributed by atoms with Crippen molar-refractivity contribution in [3.05, 3.63) is 132 Å². The second kappa shape index (κ2) is 13.7. The molecule has 2 fully saturated rings. The van der Waals surface area contributed by atoms with Crippen molar-refractivity contribution in [2.45, 2.75) is 49.9 Å². The second-order valence-electron chi connectivity index (χ2n) is 12.7. The first-order chi connectivity index (χ1) is 23.7. The molecule has 0 spiro atoms. The number of piperazine rings is 1. The number of ether oxygens (including phenoxy) is 2. The molecule has 2 N–H and O–H groups in total. The van der Waals surface area contributed by atoms with Gasteiger partial charge in [-0.15, -0.1) is 22.7 Å². The zero-order chi connectivity index (χ0) is 32.5. The lowest BCUT2D eigenvalue weighted by Crippen LogP contribution is -2.59. The highest BCUT2D eigenvalue weighted by atomic mass is 32.1. The molecule has 6 aromatic rings. The molecule has 1 aliphatic carbocycles. The Bertz CT molecular complexity index is 1830. The van der Waals surface area contributed by atoms with Gasteiger partial charge in [0.15, 0.2) is 0 Å². The van der Waals surface area contributed by atoms with E-state index in [4.69, 9.17) is 9.47 Å². The Balaban J connectivity index is 1.39. The van der Waals surface area contributed by atoms with Crippen molar-refractivity contribution >= 4 is 22.7 Å². The SMILES string of the molecule is COc1c(-c2ccccc2)sc(-c2ccccc2)c1[C@H]1N[C@H]2CCCC[C@@H]2N[C@@H]1c1c(-c2ccccc2)sc(-c2ccccc2)c1OC. The lowest BCUT2D eigenvalue weighted by atomic mass is 9.80. The number of thiophene rings is 2. The van der Waals surface area contributed by atoms with E-state index >= 15 is 0 Å². The van der Waals surface area contributed by atoms with Gasteiger partial charge in [-0.2, -0.15) is 0 Å². The smallest absolute Gasteiger partial charge is 0.142 e. The predicted octanol–water partition coefficient (Wildman–Crippen LogP) is 10.8. The number of fused-ring (bicyclic) bond motifs is 1. The van der Waals surface area contributed by atoms with Crippen molar-refractivity contribution in [3.63, 3.8) is 0 Å². The molecule has 4 aromatic carbocycles. The third-order valence-corrected chi connectivity index (χ3v) is 12.4. The van der Waals surface area contributed by atoms with Gasteiger partial charge >= 0.3 is 0 Å². The topological polar surface area (TPSA) is 42.5 Å². The van der Waals surface area contributed by atoms with E-state index in [-0.39, 0.29) is 12.1 Å². The summed E-state index contributed by atoms with van der Waals surface area (Å²) in [5.41, 5.74) is 7.17. The molecule has 3 heterocycles. The molecule has 1 saturated heterocycles. The van der Waals surface area contributed by atoms with Crippen LogP contribution >= 0.6 is 22.7 Å². The zero-order valence-corrected chi connectivity index (χ0v) is 29.0. The molecule has 0 unspecified atom stereocenters. The van der Waals surface area contributed by atoms with Gasteiger partial charge in [-0.1, -0.05) is 134 Å². The molecular weight excluding hydrogens is 629 g/mol. The fourth-order valence-corrected chi connectivity index (χ4v) is 10.3. The second-order valence-corrected chi connectivity index (χ2v) is 14.7. The van der Waals surface area contributed by atoms with E-state index < -0.39 is 0 Å². The molecule has 8 rings (SSSR count). The molecule has 0 amide bonds. The summed E-state index contributed by atoms with van der Waals surface area (Å²) in [7, 11) is 3.66. The normalized spacial score (nSPS) is 20.6. The van der Waals surface area contributed by atoms with E-state index in [2.05, 4.69) is 132 Å². The minimum atomic E-state index is -0.0715. The zero-order valence-electron chi connectivity index (χ0n) is 27.3. The van der Waals surface area contributed by atoms with Crippen molar-refractivity contribution in [1.82, 2.24) is 10.6 Å². The van der Waals surface area contributed by atoms with E-state index in [1.165, 1.54) is 56.0 Å². The molecule has 1 saturated carbocycles. The van der Waals surface area contributed by atoms with E-state index in [0.717, 1.165) is 34.1 Å². The fourth-order valence-electron chi connectivity index (χ4n) is 7.68. The summed E-state index contributed by atoms with van der Waals surface area (Å²) >= 11 is 3.66. The number of methoxy groups -OCH3 is 2. The number of nitrogens with one attached hydrogen (secondary N) is 2. The van der Waals surface area contributed by atoms with Gasteiger partial charge in [0.25, 0.3) is 0 Å². The Hall–Kier alpha value is -4.20. The number of hydrogen-bond acceptors (Lipinski definition) is 6. The third-order valence-electron chi connectivity index (χ3n) is 9.86. The van der Waals surface area contributed by atoms with Crippen LogP contribution in [0.4, 0.5) is 0 Å². The van der Waals surface area contributed by atoms with Gasteiger partial charge < -0.3 is 20.1 Å². The summed E-state index contributed by atoms with van der Waals surface area (Å²) in [5.74, 6) is 1.89. The monoisotopic (exact) mass is 668 g/mol. The standard InChI is InChI=1S/C42H40N2O2S2/c1-45-37-33(39(27-17-7-3-8-18-27)47-41(37)29-21-11-5-12-22-29)35-36(44-32-26-16-15-25-31(32)43-35)34-38(46-2)42(30-23-13-6-14-24-30)48-40(34)28-19-9-4-10-20-28/h3-14,17-24,31-32,35-36,43-44H,15-16,25-26H2,1-2H3/t31-,32-,35+,36+/m0/s1. The molecule has 0 radical (unpaired) electrons. The summed E-state index contributed by atoms with van der Waals surface area (Å²) < 4.78 is 12.9. The van der Waals surface area contributed by atoms with Gasteiger partial charge in [-0.3, -0.25) is 0 Å². The van der Waals surface area contributed by atoms with Gasteiger partial charge in [-0.05, 0) is 35.1 Å². The fraction of sp³-hybridized carbons (Fsp3) is 0.238.